The van der Waals surface area contributed by atoms with Crippen LogP contribution in [0.2, 0.25) is 25.7 Å². The summed E-state index contributed by atoms with van der Waals surface area (Å²) in [5, 5.41) is 22.1. The van der Waals surface area contributed by atoms with Crippen LogP contribution in [0.3, 0.4) is 0 Å². The third kappa shape index (κ3) is 5.99. The molecule has 1 amide bonds. The Bertz CT molecular complexity index is 903. The zero-order valence-corrected chi connectivity index (χ0v) is 22.8. The molecule has 33 heavy (non-hydrogen) atoms. The third-order valence-electron chi connectivity index (χ3n) is 5.74. The van der Waals surface area contributed by atoms with Crippen LogP contribution in [-0.4, -0.2) is 93.5 Å². The van der Waals surface area contributed by atoms with Gasteiger partial charge in [0.25, 0.3) is 0 Å². The number of rotatable bonds is 12. The molecule has 0 radical (unpaired) electrons. The molecule has 1 saturated heterocycles. The molecule has 0 saturated carbocycles. The Morgan fingerprint density at radius 2 is 2.09 bits per heavy atom. The van der Waals surface area contributed by atoms with Crippen LogP contribution in [0.4, 0.5) is 0 Å². The number of thioether (sulfide) groups is 2. The summed E-state index contributed by atoms with van der Waals surface area (Å²) in [7, 11) is 2.61. The maximum atomic E-state index is 12.9. The van der Waals surface area contributed by atoms with Gasteiger partial charge in [-0.15, -0.1) is 16.9 Å². The van der Waals surface area contributed by atoms with Crippen LogP contribution < -0.4 is 0 Å². The molecule has 0 aliphatic carbocycles. The number of aliphatic hydroxyl groups excluding tert-OH is 1. The van der Waals surface area contributed by atoms with Crippen molar-refractivity contribution < 1.29 is 19.4 Å². The molecule has 10 nitrogen and oxygen atoms in total. The standard InChI is InChI=1S/C20H34N6O4S2Si/c1-13(24(2)3)26-20(21-22-23-26)31-10-7-8-15-16(19(29)30-9-11-33(4,5)6)25-17(28)14(12-27)18(25)32-15/h13-14,18,27H,7-12H2,1-6H3/t13?,14-,18+/m0/s1. The fraction of sp³-hybridized carbons (Fsp3) is 0.750. The Labute approximate surface area is 204 Å². The minimum absolute atomic E-state index is 0.0398. The van der Waals surface area contributed by atoms with Gasteiger partial charge < -0.3 is 9.84 Å². The van der Waals surface area contributed by atoms with E-state index in [0.29, 0.717) is 18.7 Å². The largest absolute Gasteiger partial charge is 0.461 e. The number of fused-ring (bicyclic) bond motifs is 1. The fourth-order valence-electron chi connectivity index (χ4n) is 3.44. The summed E-state index contributed by atoms with van der Waals surface area (Å²) in [5.41, 5.74) is 0.367. The van der Waals surface area contributed by atoms with Gasteiger partial charge in [-0.3, -0.25) is 14.6 Å². The topological polar surface area (TPSA) is 114 Å². The molecule has 1 aromatic rings. The third-order valence-corrected chi connectivity index (χ3v) is 9.93. The predicted octanol–water partition coefficient (Wildman–Crippen LogP) is 2.24. The van der Waals surface area contributed by atoms with Crippen LogP contribution >= 0.6 is 23.5 Å². The van der Waals surface area contributed by atoms with Crippen molar-refractivity contribution in [1.82, 2.24) is 30.0 Å². The normalized spacial score (nSPS) is 21.5. The number of β-lactam (4-membered cyclic amide) rings is 1. The van der Waals surface area contributed by atoms with E-state index >= 15 is 0 Å². The monoisotopic (exact) mass is 514 g/mol. The Kier molecular flexibility index (Phi) is 8.64. The molecular weight excluding hydrogens is 480 g/mol. The first-order valence-corrected chi connectivity index (χ1v) is 16.7. The molecule has 1 fully saturated rings. The number of esters is 1. The van der Waals surface area contributed by atoms with Crippen LogP contribution in [-0.2, 0) is 14.3 Å². The van der Waals surface area contributed by atoms with Crippen LogP contribution in [0.25, 0.3) is 0 Å². The number of carbonyl (C=O) groups is 2. The number of hydrogen-bond donors (Lipinski definition) is 1. The highest BCUT2D eigenvalue weighted by atomic mass is 32.2. The van der Waals surface area contributed by atoms with E-state index in [1.807, 2.05) is 25.9 Å². The summed E-state index contributed by atoms with van der Waals surface area (Å²) < 4.78 is 7.34. The summed E-state index contributed by atoms with van der Waals surface area (Å²) in [6, 6.07) is 0.877. The van der Waals surface area contributed by atoms with E-state index < -0.39 is 20.0 Å². The summed E-state index contributed by atoms with van der Waals surface area (Å²) in [5.74, 6) is -0.318. The van der Waals surface area contributed by atoms with Crippen LogP contribution in [0.5, 0.6) is 0 Å². The van der Waals surface area contributed by atoms with E-state index in [-0.39, 0.29) is 24.1 Å². The second-order valence-electron chi connectivity index (χ2n) is 9.68. The average molecular weight is 515 g/mol. The minimum atomic E-state index is -1.34. The van der Waals surface area contributed by atoms with Gasteiger partial charge in [0.05, 0.1) is 19.1 Å². The molecule has 184 valence electrons. The van der Waals surface area contributed by atoms with Crippen molar-refractivity contribution in [3.8, 4) is 0 Å². The van der Waals surface area contributed by atoms with E-state index in [4.69, 9.17) is 4.74 Å². The van der Waals surface area contributed by atoms with Gasteiger partial charge in [-0.25, -0.2) is 9.48 Å². The SMILES string of the molecule is CC(N(C)C)n1nnnc1SCCCC1=C(C(=O)OCC[Si](C)(C)C)N2C(=O)[C@H](CO)[C@H]2S1. The van der Waals surface area contributed by atoms with Crippen molar-refractivity contribution in [2.75, 3.05) is 33.1 Å². The van der Waals surface area contributed by atoms with Gasteiger partial charge in [0, 0.05) is 18.7 Å². The highest BCUT2D eigenvalue weighted by molar-refractivity contribution is 8.04. The number of carbonyl (C=O) groups excluding carboxylic acids is 2. The number of tetrazole rings is 1. The first kappa shape index (κ1) is 26.2. The van der Waals surface area contributed by atoms with Gasteiger partial charge in [-0.1, -0.05) is 31.4 Å². The molecule has 0 aromatic carbocycles. The Hall–Kier alpha value is -1.41. The molecule has 0 bridgehead atoms. The van der Waals surface area contributed by atoms with E-state index in [1.165, 1.54) is 16.7 Å². The lowest BCUT2D eigenvalue weighted by Crippen LogP contribution is -2.58. The lowest BCUT2D eigenvalue weighted by Gasteiger charge is -2.41. The molecule has 13 heteroatoms. The quantitative estimate of drug-likeness (QED) is 0.146. The van der Waals surface area contributed by atoms with Crippen molar-refractivity contribution in [2.24, 2.45) is 5.92 Å². The molecular formula is C20H34N6O4S2Si. The number of hydrogen-bond acceptors (Lipinski definition) is 10. The molecule has 1 aromatic heterocycles. The first-order chi connectivity index (χ1) is 15.5. The van der Waals surface area contributed by atoms with Gasteiger partial charge in [0.15, 0.2) is 0 Å². The Morgan fingerprint density at radius 3 is 2.73 bits per heavy atom. The van der Waals surface area contributed by atoms with Crippen LogP contribution in [0.1, 0.15) is 25.9 Å². The second kappa shape index (κ2) is 10.9. The predicted molar refractivity (Wildman–Crippen MR) is 131 cm³/mol. The van der Waals surface area contributed by atoms with Gasteiger partial charge in [-0.05, 0) is 50.3 Å². The number of amides is 1. The lowest BCUT2D eigenvalue weighted by molar-refractivity contribution is -0.155. The average Bonchev–Trinajstić information content (AvgIpc) is 3.32. The number of aliphatic hydroxyl groups is 1. The smallest absolute Gasteiger partial charge is 0.355 e. The van der Waals surface area contributed by atoms with E-state index in [9.17, 15) is 14.7 Å². The van der Waals surface area contributed by atoms with Crippen molar-refractivity contribution >= 4 is 43.5 Å². The van der Waals surface area contributed by atoms with E-state index in [1.54, 1.807) is 16.4 Å². The maximum Gasteiger partial charge on any atom is 0.355 e. The zero-order chi connectivity index (χ0) is 24.3. The maximum absolute atomic E-state index is 12.9. The van der Waals surface area contributed by atoms with Crippen molar-refractivity contribution in [2.45, 2.75) is 62.1 Å². The summed E-state index contributed by atoms with van der Waals surface area (Å²) in [6.07, 6.45) is 1.48. The number of allylic oxidation sites excluding steroid dienone is 1. The molecule has 3 heterocycles. The van der Waals surface area contributed by atoms with Crippen molar-refractivity contribution in [3.63, 3.8) is 0 Å². The van der Waals surface area contributed by atoms with Crippen molar-refractivity contribution in [1.29, 1.82) is 0 Å². The molecule has 2 aliphatic heterocycles. The van der Waals surface area contributed by atoms with Gasteiger partial charge >= 0.3 is 5.97 Å². The zero-order valence-electron chi connectivity index (χ0n) is 20.1. The second-order valence-corrected chi connectivity index (χ2v) is 17.6. The number of nitrogens with zero attached hydrogens (tertiary/aromatic N) is 6. The summed E-state index contributed by atoms with van der Waals surface area (Å²) in [6.45, 7) is 8.87. The van der Waals surface area contributed by atoms with E-state index in [2.05, 4.69) is 35.2 Å². The van der Waals surface area contributed by atoms with Gasteiger partial charge in [0.2, 0.25) is 11.1 Å². The molecule has 1 N–H and O–H groups in total. The molecule has 1 unspecified atom stereocenters. The van der Waals surface area contributed by atoms with Crippen molar-refractivity contribution in [3.05, 3.63) is 10.6 Å². The number of ether oxygens (including phenoxy) is 1. The lowest BCUT2D eigenvalue weighted by atomic mass is 9.98. The molecule has 3 rings (SSSR count). The Balaban J connectivity index is 1.62. The molecule has 0 spiro atoms. The van der Waals surface area contributed by atoms with E-state index in [0.717, 1.165) is 28.3 Å². The first-order valence-electron chi connectivity index (χ1n) is 11.1. The minimum Gasteiger partial charge on any atom is -0.461 e. The van der Waals surface area contributed by atoms with Gasteiger partial charge in [-0.2, -0.15) is 0 Å². The Morgan fingerprint density at radius 1 is 1.36 bits per heavy atom. The van der Waals surface area contributed by atoms with Gasteiger partial charge in [0.1, 0.15) is 17.2 Å². The fourth-order valence-corrected chi connectivity index (χ4v) is 6.57. The van der Waals surface area contributed by atoms with Crippen LogP contribution in [0.15, 0.2) is 15.8 Å². The number of aromatic nitrogens is 4. The highest BCUT2D eigenvalue weighted by Gasteiger charge is 2.55. The van der Waals surface area contributed by atoms with Crippen LogP contribution in [0, 0.1) is 5.92 Å². The molecule has 2 aliphatic rings. The summed E-state index contributed by atoms with van der Waals surface area (Å²) in [4.78, 5) is 29.8. The molecule has 3 atom stereocenters. The summed E-state index contributed by atoms with van der Waals surface area (Å²) >= 11 is 3.07. The highest BCUT2D eigenvalue weighted by Crippen LogP contribution is 2.50.